The fourth-order valence-electron chi connectivity index (χ4n) is 1.34. The smallest absolute Gasteiger partial charge is 0.196 e. The van der Waals surface area contributed by atoms with Gasteiger partial charge in [0.25, 0.3) is 0 Å². The van der Waals surface area contributed by atoms with E-state index in [0.717, 1.165) is 0 Å². The molecule has 0 N–H and O–H groups in total. The first kappa shape index (κ1) is 12.4. The molecule has 0 bridgehead atoms. The Morgan fingerprint density at radius 3 is 2.47 bits per heavy atom. The van der Waals surface area contributed by atoms with Crippen molar-refractivity contribution in [1.29, 1.82) is 0 Å². The summed E-state index contributed by atoms with van der Waals surface area (Å²) in [5, 5.41) is 1.15. The van der Waals surface area contributed by atoms with Crippen LogP contribution in [0, 0.1) is 0 Å². The van der Waals surface area contributed by atoms with Gasteiger partial charge in [0.2, 0.25) is 0 Å². The standard InChI is InChI=1S/C12H6Cl3NO/c13-8-2-3-10(14)9(5-8)12(17)7-1-4-11(15)16-6-7/h1-6H. The molecule has 0 fully saturated rings. The van der Waals surface area contributed by atoms with Gasteiger partial charge in [-0.05, 0) is 30.3 Å². The second-order valence-electron chi connectivity index (χ2n) is 3.32. The average Bonchev–Trinajstić information content (AvgIpc) is 2.32. The zero-order chi connectivity index (χ0) is 12.4. The molecule has 17 heavy (non-hydrogen) atoms. The summed E-state index contributed by atoms with van der Waals surface area (Å²) in [4.78, 5) is 16.0. The first-order valence-corrected chi connectivity index (χ1v) is 5.82. The SMILES string of the molecule is O=C(c1ccc(Cl)nc1)c1cc(Cl)ccc1Cl. The van der Waals surface area contributed by atoms with E-state index in [0.29, 0.717) is 26.3 Å². The highest BCUT2D eigenvalue weighted by atomic mass is 35.5. The van der Waals surface area contributed by atoms with Crippen molar-refractivity contribution in [3.05, 3.63) is 62.9 Å². The van der Waals surface area contributed by atoms with Crippen molar-refractivity contribution in [2.75, 3.05) is 0 Å². The fraction of sp³-hybridized carbons (Fsp3) is 0. The van der Waals surface area contributed by atoms with Crippen LogP contribution in [-0.2, 0) is 0 Å². The lowest BCUT2D eigenvalue weighted by atomic mass is 10.1. The van der Waals surface area contributed by atoms with Crippen LogP contribution < -0.4 is 0 Å². The van der Waals surface area contributed by atoms with E-state index in [-0.39, 0.29) is 5.78 Å². The first-order chi connectivity index (χ1) is 8.08. The van der Waals surface area contributed by atoms with Crippen molar-refractivity contribution in [3.8, 4) is 0 Å². The number of nitrogens with zero attached hydrogens (tertiary/aromatic N) is 1. The quantitative estimate of drug-likeness (QED) is 0.609. The molecule has 0 unspecified atom stereocenters. The Kier molecular flexibility index (Phi) is 3.67. The van der Waals surface area contributed by atoms with E-state index < -0.39 is 0 Å². The number of benzene rings is 1. The maximum atomic E-state index is 12.1. The van der Waals surface area contributed by atoms with E-state index in [9.17, 15) is 4.79 Å². The number of aromatic nitrogens is 1. The number of carbonyl (C=O) groups is 1. The maximum absolute atomic E-state index is 12.1. The van der Waals surface area contributed by atoms with Crippen molar-refractivity contribution in [2.45, 2.75) is 0 Å². The molecule has 1 aromatic carbocycles. The third-order valence-corrected chi connectivity index (χ3v) is 2.95. The molecule has 5 heteroatoms. The van der Waals surface area contributed by atoms with E-state index in [1.54, 1.807) is 24.3 Å². The predicted octanol–water partition coefficient (Wildman–Crippen LogP) is 4.27. The summed E-state index contributed by atoms with van der Waals surface area (Å²) in [5.74, 6) is -0.235. The largest absolute Gasteiger partial charge is 0.288 e. The minimum atomic E-state index is -0.235. The minimum absolute atomic E-state index is 0.235. The van der Waals surface area contributed by atoms with Crippen LogP contribution in [0.15, 0.2) is 36.5 Å². The fourth-order valence-corrected chi connectivity index (χ4v) is 1.82. The second kappa shape index (κ2) is 5.05. The molecule has 0 saturated carbocycles. The lowest BCUT2D eigenvalue weighted by Gasteiger charge is -2.04. The van der Waals surface area contributed by atoms with Gasteiger partial charge in [-0.3, -0.25) is 4.79 Å². The number of hydrogen-bond donors (Lipinski definition) is 0. The number of rotatable bonds is 2. The molecule has 2 aromatic rings. The Hall–Kier alpha value is -1.09. The summed E-state index contributed by atoms with van der Waals surface area (Å²) < 4.78 is 0. The van der Waals surface area contributed by atoms with Gasteiger partial charge >= 0.3 is 0 Å². The summed E-state index contributed by atoms with van der Waals surface area (Å²) in [5.41, 5.74) is 0.766. The van der Waals surface area contributed by atoms with E-state index in [2.05, 4.69) is 4.98 Å². The van der Waals surface area contributed by atoms with Crippen LogP contribution in [0.25, 0.3) is 0 Å². The van der Waals surface area contributed by atoms with Crippen LogP contribution in [0.2, 0.25) is 15.2 Å². The van der Waals surface area contributed by atoms with Gasteiger partial charge in [-0.15, -0.1) is 0 Å². The number of hydrogen-bond acceptors (Lipinski definition) is 2. The van der Waals surface area contributed by atoms with Gasteiger partial charge in [0, 0.05) is 22.3 Å². The Labute approximate surface area is 113 Å². The van der Waals surface area contributed by atoms with Gasteiger partial charge in [-0.2, -0.15) is 0 Å². The van der Waals surface area contributed by atoms with Crippen LogP contribution >= 0.6 is 34.8 Å². The van der Waals surface area contributed by atoms with Gasteiger partial charge in [0.1, 0.15) is 5.15 Å². The van der Waals surface area contributed by atoms with Gasteiger partial charge < -0.3 is 0 Å². The zero-order valence-electron chi connectivity index (χ0n) is 8.45. The Balaban J connectivity index is 2.43. The molecular weight excluding hydrogens is 280 g/mol. The van der Waals surface area contributed by atoms with Gasteiger partial charge in [0.05, 0.1) is 5.02 Å². The number of carbonyl (C=O) groups excluding carboxylic acids is 1. The van der Waals surface area contributed by atoms with Gasteiger partial charge in [-0.1, -0.05) is 34.8 Å². The van der Waals surface area contributed by atoms with Gasteiger partial charge in [0.15, 0.2) is 5.78 Å². The Morgan fingerprint density at radius 1 is 1.06 bits per heavy atom. The van der Waals surface area contributed by atoms with Gasteiger partial charge in [-0.25, -0.2) is 4.98 Å². The minimum Gasteiger partial charge on any atom is -0.288 e. The molecule has 0 aliphatic heterocycles. The molecule has 0 amide bonds. The van der Waals surface area contributed by atoms with E-state index in [1.165, 1.54) is 12.3 Å². The maximum Gasteiger partial charge on any atom is 0.196 e. The lowest BCUT2D eigenvalue weighted by molar-refractivity contribution is 0.103. The summed E-state index contributed by atoms with van der Waals surface area (Å²) in [7, 11) is 0. The predicted molar refractivity (Wildman–Crippen MR) is 69.1 cm³/mol. The summed E-state index contributed by atoms with van der Waals surface area (Å²) in [6.45, 7) is 0. The van der Waals surface area contributed by atoms with Crippen molar-refractivity contribution < 1.29 is 4.79 Å². The van der Waals surface area contributed by atoms with Crippen molar-refractivity contribution >= 4 is 40.6 Å². The molecule has 2 nitrogen and oxygen atoms in total. The zero-order valence-corrected chi connectivity index (χ0v) is 10.7. The highest BCUT2D eigenvalue weighted by Gasteiger charge is 2.13. The normalized spacial score (nSPS) is 10.3. The molecule has 86 valence electrons. The van der Waals surface area contributed by atoms with E-state index in [4.69, 9.17) is 34.8 Å². The first-order valence-electron chi connectivity index (χ1n) is 4.69. The number of ketones is 1. The molecule has 0 aliphatic rings. The molecule has 2 rings (SSSR count). The van der Waals surface area contributed by atoms with Crippen LogP contribution in [0.3, 0.4) is 0 Å². The third kappa shape index (κ3) is 2.78. The van der Waals surface area contributed by atoms with Crippen molar-refractivity contribution in [2.24, 2.45) is 0 Å². The van der Waals surface area contributed by atoms with Crippen LogP contribution in [0.4, 0.5) is 0 Å². The highest BCUT2D eigenvalue weighted by Crippen LogP contribution is 2.23. The molecule has 0 aliphatic carbocycles. The van der Waals surface area contributed by atoms with E-state index in [1.807, 2.05) is 0 Å². The van der Waals surface area contributed by atoms with Crippen molar-refractivity contribution in [1.82, 2.24) is 4.98 Å². The molecule has 0 saturated heterocycles. The summed E-state index contributed by atoms with van der Waals surface area (Å²) in [6.07, 6.45) is 1.40. The topological polar surface area (TPSA) is 30.0 Å². The average molecular weight is 287 g/mol. The van der Waals surface area contributed by atoms with Crippen LogP contribution in [0.1, 0.15) is 15.9 Å². The second-order valence-corrected chi connectivity index (χ2v) is 4.55. The molecule has 0 radical (unpaired) electrons. The lowest BCUT2D eigenvalue weighted by Crippen LogP contribution is -2.02. The Bertz CT molecular complexity index is 566. The third-order valence-electron chi connectivity index (χ3n) is 2.16. The molecule has 0 atom stereocenters. The van der Waals surface area contributed by atoms with E-state index >= 15 is 0 Å². The molecular formula is C12H6Cl3NO. The molecule has 1 aromatic heterocycles. The Morgan fingerprint density at radius 2 is 1.82 bits per heavy atom. The van der Waals surface area contributed by atoms with Crippen LogP contribution in [-0.4, -0.2) is 10.8 Å². The summed E-state index contributed by atoms with van der Waals surface area (Å²) >= 11 is 17.4. The number of pyridine rings is 1. The van der Waals surface area contributed by atoms with Crippen molar-refractivity contribution in [3.63, 3.8) is 0 Å². The highest BCUT2D eigenvalue weighted by molar-refractivity contribution is 6.36. The summed E-state index contributed by atoms with van der Waals surface area (Å²) in [6, 6.07) is 7.88. The molecule has 0 spiro atoms. The monoisotopic (exact) mass is 285 g/mol. The van der Waals surface area contributed by atoms with Crippen LogP contribution in [0.5, 0.6) is 0 Å². The molecule has 1 heterocycles. The number of halogens is 3.